The normalized spacial score (nSPS) is 10.1. The first-order valence-electron chi connectivity index (χ1n) is 5.67. The fourth-order valence-electron chi connectivity index (χ4n) is 1.65. The van der Waals surface area contributed by atoms with Crippen molar-refractivity contribution in [2.24, 2.45) is 0 Å². The van der Waals surface area contributed by atoms with Crippen molar-refractivity contribution < 1.29 is 9.90 Å². The number of anilines is 1. The molecule has 0 radical (unpaired) electrons. The molecule has 1 rings (SSSR count). The van der Waals surface area contributed by atoms with Crippen molar-refractivity contribution in [2.45, 2.75) is 26.7 Å². The Morgan fingerprint density at radius 2 is 1.94 bits per heavy atom. The smallest absolute Gasteiger partial charge is 0.303 e. The predicted molar refractivity (Wildman–Crippen MR) is 65.9 cm³/mol. The number of carbonyl (C=O) groups is 1. The third-order valence-corrected chi connectivity index (χ3v) is 2.60. The van der Waals surface area contributed by atoms with E-state index in [0.717, 1.165) is 13.1 Å². The van der Waals surface area contributed by atoms with Crippen LogP contribution in [0.1, 0.15) is 25.3 Å². The first-order valence-corrected chi connectivity index (χ1v) is 5.67. The Labute approximate surface area is 96.7 Å². The minimum absolute atomic E-state index is 0.238. The average Bonchev–Trinajstić information content (AvgIpc) is 2.26. The lowest BCUT2D eigenvalue weighted by molar-refractivity contribution is -0.137. The number of hydrogen-bond acceptors (Lipinski definition) is 2. The van der Waals surface area contributed by atoms with Crippen LogP contribution in [-0.2, 0) is 4.79 Å². The Balaban J connectivity index is 2.53. The van der Waals surface area contributed by atoms with Gasteiger partial charge in [0.05, 0.1) is 0 Å². The molecule has 1 N–H and O–H groups in total. The molecular weight excluding hydrogens is 202 g/mol. The standard InChI is InChI=1S/C13H19NO2/c1-3-14(10-4-5-13(15)16)12-8-6-11(2)7-9-12/h6-9H,3-5,10H2,1-2H3,(H,15,16). The van der Waals surface area contributed by atoms with Crippen LogP contribution >= 0.6 is 0 Å². The van der Waals surface area contributed by atoms with Crippen LogP contribution in [0.5, 0.6) is 0 Å². The molecule has 3 nitrogen and oxygen atoms in total. The number of rotatable bonds is 6. The molecule has 0 heterocycles. The van der Waals surface area contributed by atoms with E-state index in [1.165, 1.54) is 11.3 Å². The molecule has 0 aliphatic heterocycles. The molecule has 0 aromatic heterocycles. The number of aryl methyl sites for hydroxylation is 1. The van der Waals surface area contributed by atoms with Crippen LogP contribution in [0, 0.1) is 6.92 Å². The third kappa shape index (κ3) is 3.93. The highest BCUT2D eigenvalue weighted by atomic mass is 16.4. The molecule has 0 spiro atoms. The number of nitrogens with zero attached hydrogens (tertiary/aromatic N) is 1. The zero-order valence-electron chi connectivity index (χ0n) is 9.94. The van der Waals surface area contributed by atoms with Crippen LogP contribution < -0.4 is 4.90 Å². The molecule has 0 atom stereocenters. The first kappa shape index (κ1) is 12.6. The van der Waals surface area contributed by atoms with Crippen LogP contribution in [0.3, 0.4) is 0 Å². The Bertz CT molecular complexity index is 332. The van der Waals surface area contributed by atoms with Crippen LogP contribution in [0.4, 0.5) is 5.69 Å². The van der Waals surface area contributed by atoms with Gasteiger partial charge in [-0.2, -0.15) is 0 Å². The minimum atomic E-state index is -0.722. The molecule has 0 saturated heterocycles. The van der Waals surface area contributed by atoms with E-state index in [4.69, 9.17) is 5.11 Å². The summed E-state index contributed by atoms with van der Waals surface area (Å²) in [5.41, 5.74) is 2.41. The van der Waals surface area contributed by atoms with E-state index in [1.807, 2.05) is 0 Å². The van der Waals surface area contributed by atoms with E-state index in [9.17, 15) is 4.79 Å². The Hall–Kier alpha value is -1.51. The number of benzene rings is 1. The fraction of sp³-hybridized carbons (Fsp3) is 0.462. The molecule has 0 amide bonds. The van der Waals surface area contributed by atoms with Gasteiger partial charge >= 0.3 is 5.97 Å². The molecule has 0 aliphatic carbocycles. The fourth-order valence-corrected chi connectivity index (χ4v) is 1.65. The van der Waals surface area contributed by atoms with Gasteiger partial charge in [0.1, 0.15) is 0 Å². The van der Waals surface area contributed by atoms with Gasteiger partial charge in [0, 0.05) is 25.2 Å². The number of carboxylic acids is 1. The molecule has 88 valence electrons. The lowest BCUT2D eigenvalue weighted by atomic mass is 10.2. The minimum Gasteiger partial charge on any atom is -0.481 e. The third-order valence-electron chi connectivity index (χ3n) is 2.60. The number of hydrogen-bond donors (Lipinski definition) is 1. The largest absolute Gasteiger partial charge is 0.481 e. The van der Waals surface area contributed by atoms with E-state index < -0.39 is 5.97 Å². The van der Waals surface area contributed by atoms with Gasteiger partial charge in [0.15, 0.2) is 0 Å². The summed E-state index contributed by atoms with van der Waals surface area (Å²) in [4.78, 5) is 12.6. The molecule has 1 aromatic carbocycles. The molecule has 16 heavy (non-hydrogen) atoms. The zero-order valence-corrected chi connectivity index (χ0v) is 9.94. The van der Waals surface area contributed by atoms with Gasteiger partial charge in [-0.25, -0.2) is 0 Å². The van der Waals surface area contributed by atoms with Gasteiger partial charge in [-0.05, 0) is 32.4 Å². The van der Waals surface area contributed by atoms with E-state index in [1.54, 1.807) is 0 Å². The van der Waals surface area contributed by atoms with Crippen molar-refractivity contribution in [3.05, 3.63) is 29.8 Å². The van der Waals surface area contributed by atoms with Crippen molar-refractivity contribution in [3.8, 4) is 0 Å². The van der Waals surface area contributed by atoms with Crippen molar-refractivity contribution in [1.82, 2.24) is 0 Å². The second-order valence-corrected chi connectivity index (χ2v) is 3.91. The van der Waals surface area contributed by atoms with Gasteiger partial charge in [-0.1, -0.05) is 17.7 Å². The van der Waals surface area contributed by atoms with Gasteiger partial charge < -0.3 is 10.0 Å². The van der Waals surface area contributed by atoms with Gasteiger partial charge in [0.2, 0.25) is 0 Å². The molecule has 0 fully saturated rings. The van der Waals surface area contributed by atoms with Crippen molar-refractivity contribution in [1.29, 1.82) is 0 Å². The average molecular weight is 221 g/mol. The first-order chi connectivity index (χ1) is 7.63. The van der Waals surface area contributed by atoms with Crippen molar-refractivity contribution in [2.75, 3.05) is 18.0 Å². The Kier molecular flexibility index (Phi) is 4.83. The topological polar surface area (TPSA) is 40.5 Å². The molecule has 3 heteroatoms. The van der Waals surface area contributed by atoms with Gasteiger partial charge in [-0.3, -0.25) is 4.79 Å². The highest BCUT2D eigenvalue weighted by Crippen LogP contribution is 2.15. The summed E-state index contributed by atoms with van der Waals surface area (Å²) >= 11 is 0. The predicted octanol–water partition coefficient (Wildman–Crippen LogP) is 2.69. The van der Waals surface area contributed by atoms with E-state index >= 15 is 0 Å². The maximum atomic E-state index is 10.4. The van der Waals surface area contributed by atoms with Crippen molar-refractivity contribution in [3.63, 3.8) is 0 Å². The molecule has 1 aromatic rings. The van der Waals surface area contributed by atoms with E-state index in [0.29, 0.717) is 6.42 Å². The summed E-state index contributed by atoms with van der Waals surface area (Å²) in [5, 5.41) is 8.59. The summed E-state index contributed by atoms with van der Waals surface area (Å²) in [7, 11) is 0. The van der Waals surface area contributed by atoms with Crippen LogP contribution in [0.15, 0.2) is 24.3 Å². The molecular formula is C13H19NO2. The van der Waals surface area contributed by atoms with E-state index in [2.05, 4.69) is 43.0 Å². The Morgan fingerprint density at radius 3 is 2.44 bits per heavy atom. The Morgan fingerprint density at radius 1 is 1.31 bits per heavy atom. The highest BCUT2D eigenvalue weighted by molar-refractivity contribution is 5.66. The molecule has 0 saturated carbocycles. The summed E-state index contributed by atoms with van der Waals surface area (Å²) < 4.78 is 0. The lowest BCUT2D eigenvalue weighted by Gasteiger charge is -2.22. The molecule has 0 bridgehead atoms. The van der Waals surface area contributed by atoms with E-state index in [-0.39, 0.29) is 6.42 Å². The molecule has 0 aliphatic rings. The number of aliphatic carboxylic acids is 1. The highest BCUT2D eigenvalue weighted by Gasteiger charge is 2.04. The van der Waals surface area contributed by atoms with Crippen LogP contribution in [0.2, 0.25) is 0 Å². The van der Waals surface area contributed by atoms with Gasteiger partial charge in [-0.15, -0.1) is 0 Å². The van der Waals surface area contributed by atoms with Gasteiger partial charge in [0.25, 0.3) is 0 Å². The zero-order chi connectivity index (χ0) is 12.0. The number of carboxylic acid groups (broad SMARTS) is 1. The summed E-state index contributed by atoms with van der Waals surface area (Å²) in [6.45, 7) is 5.85. The maximum absolute atomic E-state index is 10.4. The molecule has 0 unspecified atom stereocenters. The SMILES string of the molecule is CCN(CCCC(=O)O)c1ccc(C)cc1. The second kappa shape index (κ2) is 6.16. The van der Waals surface area contributed by atoms with Crippen LogP contribution in [-0.4, -0.2) is 24.2 Å². The maximum Gasteiger partial charge on any atom is 0.303 e. The van der Waals surface area contributed by atoms with Crippen molar-refractivity contribution >= 4 is 11.7 Å². The quantitative estimate of drug-likeness (QED) is 0.803. The van der Waals surface area contributed by atoms with Crippen LogP contribution in [0.25, 0.3) is 0 Å². The second-order valence-electron chi connectivity index (χ2n) is 3.91. The summed E-state index contributed by atoms with van der Waals surface area (Å²) in [6.07, 6.45) is 0.930. The summed E-state index contributed by atoms with van der Waals surface area (Å²) in [6, 6.07) is 8.32. The summed E-state index contributed by atoms with van der Waals surface area (Å²) in [5.74, 6) is -0.722. The monoisotopic (exact) mass is 221 g/mol. The lowest BCUT2D eigenvalue weighted by Crippen LogP contribution is -2.24.